The Hall–Kier alpha value is -1.63. The molecular weight excluding hydrogens is 320 g/mol. The molecule has 3 saturated heterocycles. The van der Waals surface area contributed by atoms with Crippen molar-refractivity contribution in [2.45, 2.75) is 69.0 Å². The Morgan fingerprint density at radius 2 is 1.76 bits per heavy atom. The molecule has 3 heterocycles. The van der Waals surface area contributed by atoms with Crippen LogP contribution in [-0.2, 0) is 9.59 Å². The van der Waals surface area contributed by atoms with Crippen molar-refractivity contribution in [3.63, 3.8) is 0 Å². The number of urea groups is 1. The molecule has 0 aromatic carbocycles. The van der Waals surface area contributed by atoms with Crippen molar-refractivity contribution in [1.82, 2.24) is 20.0 Å². The number of carbonyl (C=O) groups is 3. The predicted octanol–water partition coefficient (Wildman–Crippen LogP) is 0.936. The zero-order valence-corrected chi connectivity index (χ0v) is 15.0. The van der Waals surface area contributed by atoms with Crippen LogP contribution in [0.1, 0.15) is 51.4 Å². The number of amides is 4. The number of hydrogen-bond donors (Lipinski definition) is 1. The molecule has 0 unspecified atom stereocenters. The molecule has 1 saturated carbocycles. The van der Waals surface area contributed by atoms with Gasteiger partial charge in [0, 0.05) is 18.6 Å². The molecule has 4 rings (SSSR count). The van der Waals surface area contributed by atoms with Gasteiger partial charge < -0.3 is 15.1 Å². The van der Waals surface area contributed by atoms with Crippen LogP contribution in [0.5, 0.6) is 0 Å². The summed E-state index contributed by atoms with van der Waals surface area (Å²) in [4.78, 5) is 43.4. The Labute approximate surface area is 148 Å². The molecule has 25 heavy (non-hydrogen) atoms. The van der Waals surface area contributed by atoms with E-state index in [1.165, 1.54) is 6.42 Å². The first-order valence-electron chi connectivity index (χ1n) is 9.66. The Morgan fingerprint density at radius 3 is 2.44 bits per heavy atom. The van der Waals surface area contributed by atoms with Gasteiger partial charge in [0.2, 0.25) is 5.91 Å². The van der Waals surface area contributed by atoms with Crippen molar-refractivity contribution in [2.24, 2.45) is 0 Å². The molecule has 1 aliphatic carbocycles. The van der Waals surface area contributed by atoms with Gasteiger partial charge in [0.1, 0.15) is 12.1 Å². The molecule has 4 amide bonds. The van der Waals surface area contributed by atoms with Gasteiger partial charge in [0.25, 0.3) is 5.91 Å². The lowest BCUT2D eigenvalue weighted by Crippen LogP contribution is -2.51. The Morgan fingerprint density at radius 1 is 1.08 bits per heavy atom. The van der Waals surface area contributed by atoms with E-state index in [1.54, 1.807) is 0 Å². The molecule has 3 aliphatic heterocycles. The van der Waals surface area contributed by atoms with E-state index in [9.17, 15) is 14.4 Å². The Kier molecular flexibility index (Phi) is 4.22. The molecule has 0 radical (unpaired) electrons. The largest absolute Gasteiger partial charge is 0.337 e. The van der Waals surface area contributed by atoms with Crippen LogP contribution in [0.3, 0.4) is 0 Å². The van der Waals surface area contributed by atoms with Crippen LogP contribution in [-0.4, -0.2) is 76.8 Å². The fourth-order valence-corrected chi connectivity index (χ4v) is 5.29. The number of nitrogens with zero attached hydrogens (tertiary/aromatic N) is 3. The van der Waals surface area contributed by atoms with E-state index in [0.717, 1.165) is 50.1 Å². The summed E-state index contributed by atoms with van der Waals surface area (Å²) in [6.45, 7) is 1.71. The molecule has 1 spiro atoms. The van der Waals surface area contributed by atoms with E-state index in [1.807, 2.05) is 4.90 Å². The number of nitrogens with one attached hydrogen (secondary N) is 1. The lowest BCUT2D eigenvalue weighted by atomic mass is 9.98. The number of imide groups is 1. The average molecular weight is 348 g/mol. The Bertz CT molecular complexity index is 587. The van der Waals surface area contributed by atoms with Gasteiger partial charge in [-0.3, -0.25) is 14.5 Å². The summed E-state index contributed by atoms with van der Waals surface area (Å²) in [5.74, 6) is -0.279. The van der Waals surface area contributed by atoms with E-state index >= 15 is 0 Å². The summed E-state index contributed by atoms with van der Waals surface area (Å²) >= 11 is 0. The van der Waals surface area contributed by atoms with Gasteiger partial charge in [-0.2, -0.15) is 0 Å². The van der Waals surface area contributed by atoms with Gasteiger partial charge >= 0.3 is 6.03 Å². The second-order valence-corrected chi connectivity index (χ2v) is 8.10. The van der Waals surface area contributed by atoms with Gasteiger partial charge in [0.05, 0.1) is 0 Å². The minimum atomic E-state index is -0.729. The van der Waals surface area contributed by atoms with Gasteiger partial charge in [-0.25, -0.2) is 4.79 Å². The molecule has 2 atom stereocenters. The van der Waals surface area contributed by atoms with Crippen LogP contribution < -0.4 is 5.32 Å². The maximum absolute atomic E-state index is 12.9. The number of rotatable bonds is 3. The molecule has 0 bridgehead atoms. The van der Waals surface area contributed by atoms with Crippen molar-refractivity contribution in [3.05, 3.63) is 0 Å². The van der Waals surface area contributed by atoms with Crippen molar-refractivity contribution >= 4 is 17.8 Å². The normalized spacial score (nSPS) is 32.2. The fraction of sp³-hybridized carbons (Fsp3) is 0.833. The predicted molar refractivity (Wildman–Crippen MR) is 91.8 cm³/mol. The van der Waals surface area contributed by atoms with Crippen LogP contribution in [0.25, 0.3) is 0 Å². The minimum Gasteiger partial charge on any atom is -0.337 e. The molecule has 1 N–H and O–H groups in total. The summed E-state index contributed by atoms with van der Waals surface area (Å²) in [5, 5.41) is 2.86. The van der Waals surface area contributed by atoms with Crippen LogP contribution in [0.2, 0.25) is 0 Å². The third kappa shape index (κ3) is 2.72. The third-order valence-corrected chi connectivity index (χ3v) is 6.64. The molecule has 4 aliphatic rings. The van der Waals surface area contributed by atoms with Gasteiger partial charge in [-0.1, -0.05) is 12.8 Å². The fourth-order valence-electron chi connectivity index (χ4n) is 5.29. The highest BCUT2D eigenvalue weighted by Crippen LogP contribution is 2.35. The highest BCUT2D eigenvalue weighted by atomic mass is 16.2. The average Bonchev–Trinajstić information content (AvgIpc) is 3.33. The SMILES string of the molecule is CN1CCC[C@H]1[C@H]1CCCN1C(=O)CN1C(=O)NC2(CCCC2)C1=O. The van der Waals surface area contributed by atoms with E-state index in [2.05, 4.69) is 17.3 Å². The van der Waals surface area contributed by atoms with E-state index in [-0.39, 0.29) is 24.4 Å². The van der Waals surface area contributed by atoms with E-state index < -0.39 is 11.6 Å². The van der Waals surface area contributed by atoms with Crippen LogP contribution in [0.15, 0.2) is 0 Å². The number of likely N-dealkylation sites (tertiary alicyclic amines) is 2. The van der Waals surface area contributed by atoms with Crippen LogP contribution >= 0.6 is 0 Å². The van der Waals surface area contributed by atoms with E-state index in [0.29, 0.717) is 18.9 Å². The van der Waals surface area contributed by atoms with Crippen molar-refractivity contribution in [1.29, 1.82) is 0 Å². The molecular formula is C18H28N4O3. The first-order chi connectivity index (χ1) is 12.0. The van der Waals surface area contributed by atoms with Gasteiger partial charge in [-0.05, 0) is 52.1 Å². The van der Waals surface area contributed by atoms with Crippen molar-refractivity contribution in [3.8, 4) is 0 Å². The second kappa shape index (κ2) is 6.27. The van der Waals surface area contributed by atoms with E-state index in [4.69, 9.17) is 0 Å². The maximum atomic E-state index is 12.9. The van der Waals surface area contributed by atoms with Gasteiger partial charge in [-0.15, -0.1) is 0 Å². The monoisotopic (exact) mass is 348 g/mol. The summed E-state index contributed by atoms with van der Waals surface area (Å²) < 4.78 is 0. The first kappa shape index (κ1) is 16.8. The second-order valence-electron chi connectivity index (χ2n) is 8.10. The number of hydrogen-bond acceptors (Lipinski definition) is 4. The minimum absolute atomic E-state index is 0.0821. The molecule has 4 fully saturated rings. The standard InChI is InChI=1S/C18H28N4O3/c1-20-10-4-6-13(20)14-7-5-11-21(14)15(23)12-22-16(24)18(19-17(22)25)8-2-3-9-18/h13-14H,2-12H2,1H3,(H,19,25)/t13-,14+/m0/s1. The topological polar surface area (TPSA) is 73.0 Å². The number of likely N-dealkylation sites (N-methyl/N-ethyl adjacent to an activating group) is 1. The zero-order valence-electron chi connectivity index (χ0n) is 15.0. The smallest absolute Gasteiger partial charge is 0.325 e. The molecule has 0 aromatic heterocycles. The molecule has 0 aromatic rings. The van der Waals surface area contributed by atoms with Crippen LogP contribution in [0.4, 0.5) is 4.79 Å². The van der Waals surface area contributed by atoms with Crippen molar-refractivity contribution in [2.75, 3.05) is 26.7 Å². The maximum Gasteiger partial charge on any atom is 0.325 e. The summed E-state index contributed by atoms with van der Waals surface area (Å²) in [6, 6.07) is 0.242. The highest BCUT2D eigenvalue weighted by Gasteiger charge is 2.53. The highest BCUT2D eigenvalue weighted by molar-refractivity contribution is 6.09. The summed E-state index contributed by atoms with van der Waals surface area (Å²) in [7, 11) is 2.12. The summed E-state index contributed by atoms with van der Waals surface area (Å²) in [5.41, 5.74) is -0.729. The third-order valence-electron chi connectivity index (χ3n) is 6.64. The van der Waals surface area contributed by atoms with Gasteiger partial charge in [0.15, 0.2) is 0 Å². The number of carbonyl (C=O) groups excluding carboxylic acids is 3. The molecule has 138 valence electrons. The molecule has 7 heteroatoms. The van der Waals surface area contributed by atoms with Crippen molar-refractivity contribution < 1.29 is 14.4 Å². The van der Waals surface area contributed by atoms with Crippen LogP contribution in [0, 0.1) is 0 Å². The lowest BCUT2D eigenvalue weighted by Gasteiger charge is -2.33. The molecule has 7 nitrogen and oxygen atoms in total. The quantitative estimate of drug-likeness (QED) is 0.771. The summed E-state index contributed by atoms with van der Waals surface area (Å²) in [6.07, 6.45) is 7.62. The Balaban J connectivity index is 1.44. The first-order valence-corrected chi connectivity index (χ1v) is 9.66. The lowest BCUT2D eigenvalue weighted by molar-refractivity contribution is -0.140. The zero-order chi connectivity index (χ0) is 17.6.